The van der Waals surface area contributed by atoms with Gasteiger partial charge in [-0.25, -0.2) is 4.39 Å². The van der Waals surface area contributed by atoms with Crippen LogP contribution in [-0.4, -0.2) is 0 Å². The maximum Gasteiger partial charge on any atom is 0.129 e. The van der Waals surface area contributed by atoms with Crippen molar-refractivity contribution in [1.82, 2.24) is 0 Å². The Kier molecular flexibility index (Phi) is 4.18. The molecule has 0 bridgehead atoms. The van der Waals surface area contributed by atoms with Crippen molar-refractivity contribution in [3.63, 3.8) is 0 Å². The lowest BCUT2D eigenvalue weighted by molar-refractivity contribution is 0.612. The van der Waals surface area contributed by atoms with Crippen LogP contribution in [0.5, 0.6) is 0 Å². The summed E-state index contributed by atoms with van der Waals surface area (Å²) in [4.78, 5) is 0. The highest BCUT2D eigenvalue weighted by Gasteiger charge is 2.06. The molecular weight excluding hydrogens is 307 g/mol. The summed E-state index contributed by atoms with van der Waals surface area (Å²) in [5.74, 6) is -0.270. The molecule has 0 fully saturated rings. The summed E-state index contributed by atoms with van der Waals surface area (Å²) in [5, 5.41) is 12.2. The minimum atomic E-state index is -0.270. The molecule has 0 radical (unpaired) electrons. The molecule has 0 atom stereocenters. The second-order valence-corrected chi connectivity index (χ2v) is 5.11. The number of anilines is 1. The summed E-state index contributed by atoms with van der Waals surface area (Å²) in [7, 11) is 0. The first-order valence-electron chi connectivity index (χ1n) is 5.79. The Balaban J connectivity index is 2.20. The van der Waals surface area contributed by atoms with Crippen LogP contribution in [0.15, 0.2) is 40.9 Å². The van der Waals surface area contributed by atoms with Gasteiger partial charge in [-0.2, -0.15) is 5.26 Å². The Hall–Kier alpha value is -1.86. The van der Waals surface area contributed by atoms with Crippen LogP contribution in [0.3, 0.4) is 0 Å². The fourth-order valence-corrected chi connectivity index (χ4v) is 2.15. The smallest absolute Gasteiger partial charge is 0.129 e. The van der Waals surface area contributed by atoms with Crippen molar-refractivity contribution in [3.8, 4) is 6.07 Å². The fraction of sp³-hybridized carbons (Fsp3) is 0.133. The summed E-state index contributed by atoms with van der Waals surface area (Å²) >= 11 is 3.22. The lowest BCUT2D eigenvalue weighted by atomic mass is 10.1. The van der Waals surface area contributed by atoms with Gasteiger partial charge in [-0.15, -0.1) is 0 Å². The quantitative estimate of drug-likeness (QED) is 0.911. The molecule has 4 heteroatoms. The van der Waals surface area contributed by atoms with Crippen LogP contribution in [0.2, 0.25) is 0 Å². The van der Waals surface area contributed by atoms with Gasteiger partial charge in [0.25, 0.3) is 0 Å². The molecule has 0 aromatic heterocycles. The SMILES string of the molecule is Cc1cccc(NCc2ccc(Br)cc2F)c1C#N. The Labute approximate surface area is 120 Å². The number of rotatable bonds is 3. The van der Waals surface area contributed by atoms with Crippen molar-refractivity contribution < 1.29 is 4.39 Å². The van der Waals surface area contributed by atoms with E-state index in [0.29, 0.717) is 22.1 Å². The average molecular weight is 319 g/mol. The van der Waals surface area contributed by atoms with Gasteiger partial charge in [0, 0.05) is 16.6 Å². The van der Waals surface area contributed by atoms with Crippen LogP contribution in [0.25, 0.3) is 0 Å². The van der Waals surface area contributed by atoms with Gasteiger partial charge in [0.05, 0.1) is 11.3 Å². The Bertz CT molecular complexity index is 647. The molecule has 2 nitrogen and oxygen atoms in total. The van der Waals surface area contributed by atoms with E-state index in [4.69, 9.17) is 5.26 Å². The first kappa shape index (κ1) is 13.6. The van der Waals surface area contributed by atoms with Crippen molar-refractivity contribution in [2.75, 3.05) is 5.32 Å². The maximum atomic E-state index is 13.7. The molecule has 1 N–H and O–H groups in total. The highest BCUT2D eigenvalue weighted by Crippen LogP contribution is 2.21. The predicted octanol–water partition coefficient (Wildman–Crippen LogP) is 4.38. The van der Waals surface area contributed by atoms with Crippen molar-refractivity contribution >= 4 is 21.6 Å². The Morgan fingerprint density at radius 1 is 1.32 bits per heavy atom. The lowest BCUT2D eigenvalue weighted by Crippen LogP contribution is -2.04. The van der Waals surface area contributed by atoms with Gasteiger partial charge in [0.2, 0.25) is 0 Å². The zero-order chi connectivity index (χ0) is 13.8. The van der Waals surface area contributed by atoms with Crippen molar-refractivity contribution in [3.05, 3.63) is 63.4 Å². The summed E-state index contributed by atoms with van der Waals surface area (Å²) in [6, 6.07) is 12.7. The van der Waals surface area contributed by atoms with Gasteiger partial charge in [-0.05, 0) is 30.7 Å². The van der Waals surface area contributed by atoms with Gasteiger partial charge in [0.1, 0.15) is 11.9 Å². The Morgan fingerprint density at radius 3 is 2.79 bits per heavy atom. The summed E-state index contributed by atoms with van der Waals surface area (Å²) < 4.78 is 14.4. The number of aryl methyl sites for hydroxylation is 1. The molecular formula is C15H12BrFN2. The van der Waals surface area contributed by atoms with Gasteiger partial charge in [-0.3, -0.25) is 0 Å². The molecule has 2 aromatic rings. The molecule has 2 rings (SSSR count). The van der Waals surface area contributed by atoms with Crippen LogP contribution >= 0.6 is 15.9 Å². The Morgan fingerprint density at radius 2 is 2.11 bits per heavy atom. The van der Waals surface area contributed by atoms with Crippen LogP contribution in [-0.2, 0) is 6.54 Å². The van der Waals surface area contributed by atoms with Gasteiger partial charge in [-0.1, -0.05) is 34.1 Å². The van der Waals surface area contributed by atoms with Crippen molar-refractivity contribution in [2.24, 2.45) is 0 Å². The molecule has 2 aromatic carbocycles. The number of nitrogens with one attached hydrogen (secondary N) is 1. The van der Waals surface area contributed by atoms with E-state index in [0.717, 1.165) is 11.3 Å². The lowest BCUT2D eigenvalue weighted by Gasteiger charge is -2.10. The second-order valence-electron chi connectivity index (χ2n) is 4.20. The molecule has 0 aliphatic carbocycles. The molecule has 0 spiro atoms. The molecule has 0 aliphatic rings. The molecule has 0 amide bonds. The minimum Gasteiger partial charge on any atom is -0.380 e. The van der Waals surface area contributed by atoms with Crippen LogP contribution < -0.4 is 5.32 Å². The van der Waals surface area contributed by atoms with Crippen LogP contribution in [0, 0.1) is 24.1 Å². The largest absolute Gasteiger partial charge is 0.380 e. The molecule has 96 valence electrons. The third-order valence-corrected chi connectivity index (χ3v) is 3.36. The van der Waals surface area contributed by atoms with Crippen molar-refractivity contribution in [1.29, 1.82) is 5.26 Å². The van der Waals surface area contributed by atoms with E-state index in [-0.39, 0.29) is 5.82 Å². The minimum absolute atomic E-state index is 0.270. The molecule has 0 aliphatic heterocycles. The third kappa shape index (κ3) is 3.12. The zero-order valence-corrected chi connectivity index (χ0v) is 12.0. The van der Waals surface area contributed by atoms with Crippen LogP contribution in [0.1, 0.15) is 16.7 Å². The number of nitrogens with zero attached hydrogens (tertiary/aromatic N) is 1. The average Bonchev–Trinajstić information content (AvgIpc) is 2.38. The van der Waals surface area contributed by atoms with Gasteiger partial charge in [0.15, 0.2) is 0 Å². The highest BCUT2D eigenvalue weighted by molar-refractivity contribution is 9.10. The van der Waals surface area contributed by atoms with E-state index in [1.807, 2.05) is 25.1 Å². The number of hydrogen-bond acceptors (Lipinski definition) is 2. The molecule has 0 unspecified atom stereocenters. The van der Waals surface area contributed by atoms with E-state index >= 15 is 0 Å². The molecule has 0 saturated heterocycles. The maximum absolute atomic E-state index is 13.7. The topological polar surface area (TPSA) is 35.8 Å². The zero-order valence-electron chi connectivity index (χ0n) is 10.4. The second kappa shape index (κ2) is 5.85. The third-order valence-electron chi connectivity index (χ3n) is 2.87. The first-order chi connectivity index (χ1) is 9.11. The summed E-state index contributed by atoms with van der Waals surface area (Å²) in [6.45, 7) is 2.22. The van der Waals surface area contributed by atoms with E-state index in [1.54, 1.807) is 12.1 Å². The van der Waals surface area contributed by atoms with Gasteiger partial charge >= 0.3 is 0 Å². The number of nitriles is 1. The number of halogens is 2. The predicted molar refractivity (Wildman–Crippen MR) is 77.3 cm³/mol. The highest BCUT2D eigenvalue weighted by atomic mass is 79.9. The van der Waals surface area contributed by atoms with E-state index in [2.05, 4.69) is 27.3 Å². The number of hydrogen-bond donors (Lipinski definition) is 1. The summed E-state index contributed by atoms with van der Waals surface area (Å²) in [5.41, 5.74) is 2.79. The fourth-order valence-electron chi connectivity index (χ4n) is 1.82. The first-order valence-corrected chi connectivity index (χ1v) is 6.58. The van der Waals surface area contributed by atoms with Gasteiger partial charge < -0.3 is 5.32 Å². The van der Waals surface area contributed by atoms with E-state index in [9.17, 15) is 4.39 Å². The van der Waals surface area contributed by atoms with E-state index in [1.165, 1.54) is 6.07 Å². The molecule has 0 heterocycles. The number of benzene rings is 2. The standard InChI is InChI=1S/C15H12BrFN2/c1-10-3-2-4-15(13(10)8-18)19-9-11-5-6-12(16)7-14(11)17/h2-7,19H,9H2,1H3. The summed E-state index contributed by atoms with van der Waals surface area (Å²) in [6.07, 6.45) is 0. The molecule has 0 saturated carbocycles. The van der Waals surface area contributed by atoms with E-state index < -0.39 is 0 Å². The van der Waals surface area contributed by atoms with Crippen LogP contribution in [0.4, 0.5) is 10.1 Å². The van der Waals surface area contributed by atoms with Crippen molar-refractivity contribution in [2.45, 2.75) is 13.5 Å². The molecule has 19 heavy (non-hydrogen) atoms. The monoisotopic (exact) mass is 318 g/mol. The normalized spacial score (nSPS) is 10.0.